The van der Waals surface area contributed by atoms with Crippen LogP contribution >= 0.6 is 0 Å². The Bertz CT molecular complexity index is 1210. The molecule has 0 radical (unpaired) electrons. The van der Waals surface area contributed by atoms with Crippen LogP contribution in [0.5, 0.6) is 0 Å². The van der Waals surface area contributed by atoms with Crippen molar-refractivity contribution in [1.29, 1.82) is 0 Å². The summed E-state index contributed by atoms with van der Waals surface area (Å²) in [5, 5.41) is 5.10. The standard InChI is InChI=1S/C23H26F2N4O4/c1-13(2)20(27-21(30)19-15(24)6-5-7-16(19)25)22(31)26-14-8-9-18-17(12-14)29(23(32)33-18)11-10-28(3)4/h5-9,12-13,20H,10-11H2,1-4H3,(H,26,31)(H,27,30)/t20-/m0/s1. The summed E-state index contributed by atoms with van der Waals surface area (Å²) in [5.74, 6) is -4.51. The lowest BCUT2D eigenvalue weighted by molar-refractivity contribution is -0.118. The van der Waals surface area contributed by atoms with Gasteiger partial charge in [0.25, 0.3) is 5.91 Å². The lowest BCUT2D eigenvalue weighted by Gasteiger charge is -2.22. The average molecular weight is 460 g/mol. The van der Waals surface area contributed by atoms with E-state index >= 15 is 0 Å². The number of rotatable bonds is 8. The molecule has 3 rings (SSSR count). The Labute approximate surface area is 189 Å². The van der Waals surface area contributed by atoms with Crippen molar-refractivity contribution in [2.24, 2.45) is 5.92 Å². The molecule has 0 fully saturated rings. The van der Waals surface area contributed by atoms with Gasteiger partial charge >= 0.3 is 5.76 Å². The van der Waals surface area contributed by atoms with Crippen LogP contribution in [0.2, 0.25) is 0 Å². The Kier molecular flexibility index (Phi) is 7.27. The number of aromatic nitrogens is 1. The van der Waals surface area contributed by atoms with Crippen molar-refractivity contribution < 1.29 is 22.8 Å². The summed E-state index contributed by atoms with van der Waals surface area (Å²) in [7, 11) is 3.76. The number of carbonyl (C=O) groups excluding carboxylic acids is 2. The number of likely N-dealkylation sites (N-methyl/N-ethyl adjacent to an activating group) is 1. The molecule has 176 valence electrons. The molecule has 1 aromatic heterocycles. The topological polar surface area (TPSA) is 96.6 Å². The number of nitrogens with zero attached hydrogens (tertiary/aromatic N) is 2. The fraction of sp³-hybridized carbons (Fsp3) is 0.348. The van der Waals surface area contributed by atoms with Gasteiger partial charge in [0.05, 0.1) is 5.52 Å². The molecule has 2 N–H and O–H groups in total. The summed E-state index contributed by atoms with van der Waals surface area (Å²) < 4.78 is 34.6. The van der Waals surface area contributed by atoms with E-state index in [4.69, 9.17) is 4.42 Å². The molecule has 0 saturated carbocycles. The third-order valence-corrected chi connectivity index (χ3v) is 5.13. The largest absolute Gasteiger partial charge is 0.419 e. The lowest BCUT2D eigenvalue weighted by atomic mass is 10.0. The first-order valence-corrected chi connectivity index (χ1v) is 10.4. The Balaban J connectivity index is 1.82. The van der Waals surface area contributed by atoms with Crippen LogP contribution in [0.4, 0.5) is 14.5 Å². The Hall–Kier alpha value is -3.53. The smallest absolute Gasteiger partial charge is 0.408 e. The van der Waals surface area contributed by atoms with Gasteiger partial charge in [0.1, 0.15) is 23.2 Å². The molecular formula is C23H26F2N4O4. The molecule has 0 spiro atoms. The summed E-state index contributed by atoms with van der Waals surface area (Å²) in [6.07, 6.45) is 0. The van der Waals surface area contributed by atoms with E-state index in [0.717, 1.165) is 18.2 Å². The minimum absolute atomic E-state index is 0.375. The van der Waals surface area contributed by atoms with Crippen molar-refractivity contribution in [3.05, 3.63) is 64.1 Å². The number of anilines is 1. The van der Waals surface area contributed by atoms with Crippen LogP contribution in [-0.2, 0) is 11.3 Å². The molecular weight excluding hydrogens is 434 g/mol. The van der Waals surface area contributed by atoms with Crippen LogP contribution in [0.15, 0.2) is 45.6 Å². The molecule has 0 saturated heterocycles. The zero-order valence-corrected chi connectivity index (χ0v) is 18.8. The molecule has 10 heteroatoms. The minimum atomic E-state index is -1.06. The maximum Gasteiger partial charge on any atom is 0.419 e. The number of benzene rings is 2. The third kappa shape index (κ3) is 5.46. The molecule has 1 atom stereocenters. The molecule has 0 aliphatic heterocycles. The van der Waals surface area contributed by atoms with Crippen LogP contribution in [-0.4, -0.2) is 48.0 Å². The molecule has 8 nitrogen and oxygen atoms in total. The van der Waals surface area contributed by atoms with Crippen LogP contribution in [0.3, 0.4) is 0 Å². The first-order valence-electron chi connectivity index (χ1n) is 10.4. The summed E-state index contributed by atoms with van der Waals surface area (Å²) in [6.45, 7) is 4.40. The second-order valence-electron chi connectivity index (χ2n) is 8.29. The van der Waals surface area contributed by atoms with Gasteiger partial charge in [-0.3, -0.25) is 14.2 Å². The fourth-order valence-corrected chi connectivity index (χ4v) is 3.33. The normalized spacial score (nSPS) is 12.4. The van der Waals surface area contributed by atoms with Gasteiger partial charge in [0, 0.05) is 18.8 Å². The first kappa shape index (κ1) is 24.1. The Morgan fingerprint density at radius 3 is 2.39 bits per heavy atom. The number of hydrogen-bond acceptors (Lipinski definition) is 5. The number of nitrogens with one attached hydrogen (secondary N) is 2. The van der Waals surface area contributed by atoms with E-state index in [1.807, 2.05) is 19.0 Å². The monoisotopic (exact) mass is 460 g/mol. The maximum atomic E-state index is 14.0. The molecule has 0 bridgehead atoms. The molecule has 2 amide bonds. The zero-order valence-electron chi connectivity index (χ0n) is 18.8. The molecule has 3 aromatic rings. The number of amides is 2. The molecule has 0 aliphatic rings. The van der Waals surface area contributed by atoms with Crippen molar-refractivity contribution in [2.75, 3.05) is 26.0 Å². The predicted molar refractivity (Wildman–Crippen MR) is 120 cm³/mol. The van der Waals surface area contributed by atoms with E-state index in [2.05, 4.69) is 10.6 Å². The molecule has 0 aliphatic carbocycles. The van der Waals surface area contributed by atoms with Crippen LogP contribution in [0.1, 0.15) is 24.2 Å². The molecule has 33 heavy (non-hydrogen) atoms. The highest BCUT2D eigenvalue weighted by molar-refractivity contribution is 6.02. The predicted octanol–water partition coefficient (Wildman–Crippen LogP) is 2.83. The number of fused-ring (bicyclic) bond motifs is 1. The highest BCUT2D eigenvalue weighted by atomic mass is 19.1. The first-order chi connectivity index (χ1) is 15.6. The van der Waals surface area contributed by atoms with Crippen LogP contribution in [0.25, 0.3) is 11.1 Å². The maximum absolute atomic E-state index is 14.0. The number of halogens is 2. The van der Waals surface area contributed by atoms with E-state index in [0.29, 0.717) is 29.9 Å². The van der Waals surface area contributed by atoms with E-state index in [-0.39, 0.29) is 5.92 Å². The summed E-state index contributed by atoms with van der Waals surface area (Å²) in [5.41, 5.74) is 0.517. The van der Waals surface area contributed by atoms with Crippen molar-refractivity contribution in [3.63, 3.8) is 0 Å². The zero-order chi connectivity index (χ0) is 24.3. The van der Waals surface area contributed by atoms with Gasteiger partial charge in [0.2, 0.25) is 5.91 Å². The number of oxazole rings is 1. The van der Waals surface area contributed by atoms with Crippen molar-refractivity contribution in [3.8, 4) is 0 Å². The van der Waals surface area contributed by atoms with Gasteiger partial charge in [0.15, 0.2) is 5.58 Å². The van der Waals surface area contributed by atoms with Crippen molar-refractivity contribution >= 4 is 28.6 Å². The van der Waals surface area contributed by atoms with E-state index < -0.39 is 40.8 Å². The third-order valence-electron chi connectivity index (χ3n) is 5.13. The fourth-order valence-electron chi connectivity index (χ4n) is 3.33. The van der Waals surface area contributed by atoms with Crippen LogP contribution in [0, 0.1) is 17.6 Å². The molecule has 0 unspecified atom stereocenters. The minimum Gasteiger partial charge on any atom is -0.408 e. The number of carbonyl (C=O) groups is 2. The second kappa shape index (κ2) is 9.95. The van der Waals surface area contributed by atoms with Crippen molar-refractivity contribution in [1.82, 2.24) is 14.8 Å². The second-order valence-corrected chi connectivity index (χ2v) is 8.29. The highest BCUT2D eigenvalue weighted by Gasteiger charge is 2.27. The highest BCUT2D eigenvalue weighted by Crippen LogP contribution is 2.20. The van der Waals surface area contributed by atoms with Gasteiger partial charge in [-0.05, 0) is 50.3 Å². The summed E-state index contributed by atoms with van der Waals surface area (Å²) >= 11 is 0. The SMILES string of the molecule is CC(C)[C@H](NC(=O)c1c(F)cccc1F)C(=O)Nc1ccc2oc(=O)n(CCN(C)C)c2c1. The van der Waals surface area contributed by atoms with Gasteiger partial charge < -0.3 is 20.0 Å². The average Bonchev–Trinajstić information content (AvgIpc) is 3.04. The number of hydrogen-bond donors (Lipinski definition) is 2. The quantitative estimate of drug-likeness (QED) is 0.539. The van der Waals surface area contributed by atoms with E-state index in [9.17, 15) is 23.2 Å². The summed E-state index contributed by atoms with van der Waals surface area (Å²) in [4.78, 5) is 39.5. The Morgan fingerprint density at radius 1 is 1.12 bits per heavy atom. The van der Waals surface area contributed by atoms with E-state index in [1.165, 1.54) is 4.57 Å². The van der Waals surface area contributed by atoms with Crippen LogP contribution < -0.4 is 16.4 Å². The van der Waals surface area contributed by atoms with Gasteiger partial charge in [-0.15, -0.1) is 0 Å². The molecule has 2 aromatic carbocycles. The van der Waals surface area contributed by atoms with Gasteiger partial charge in [-0.1, -0.05) is 19.9 Å². The van der Waals surface area contributed by atoms with Gasteiger partial charge in [-0.25, -0.2) is 13.6 Å². The van der Waals surface area contributed by atoms with Crippen molar-refractivity contribution in [2.45, 2.75) is 26.4 Å². The Morgan fingerprint density at radius 2 is 1.79 bits per heavy atom. The van der Waals surface area contributed by atoms with E-state index in [1.54, 1.807) is 32.0 Å². The molecule has 1 heterocycles. The van der Waals surface area contributed by atoms with Gasteiger partial charge in [-0.2, -0.15) is 0 Å². The lowest BCUT2D eigenvalue weighted by Crippen LogP contribution is -2.47. The summed E-state index contributed by atoms with van der Waals surface area (Å²) in [6, 6.07) is 6.76.